The van der Waals surface area contributed by atoms with Gasteiger partial charge in [-0.05, 0) is 86.8 Å². The number of carbonyl (C=O) groups excluding carboxylic acids is 1. The number of H-pyrrole nitrogens is 1. The lowest BCUT2D eigenvalue weighted by atomic mass is 9.94. The predicted octanol–water partition coefficient (Wildman–Crippen LogP) is 3.93. The number of ether oxygens (including phenoxy) is 1. The number of hydrogen-bond donors (Lipinski definition) is 2. The summed E-state index contributed by atoms with van der Waals surface area (Å²) < 4.78 is 6.15. The number of pyridine rings is 1. The number of hydrogen-bond acceptors (Lipinski definition) is 5. The number of amides is 1. The van der Waals surface area contributed by atoms with E-state index in [0.29, 0.717) is 17.4 Å². The third-order valence-electron chi connectivity index (χ3n) is 7.58. The SMILES string of the molecule is Cc1ccc(O[C@@H]([Si])[C@@H]2CCN2C)cc1C(=O)NC1(c2cc(-c3cn[nH]c3)cc3ncccc23)CC1. The molecule has 2 aromatic carbocycles. The molecule has 2 aliphatic rings. The third kappa shape index (κ3) is 4.10. The van der Waals surface area contributed by atoms with Gasteiger partial charge in [0.15, 0.2) is 0 Å². The Balaban J connectivity index is 1.30. The molecule has 0 bridgehead atoms. The Labute approximate surface area is 213 Å². The number of aromatic nitrogens is 3. The van der Waals surface area contributed by atoms with Crippen LogP contribution in [0.3, 0.4) is 0 Å². The van der Waals surface area contributed by atoms with Gasteiger partial charge in [-0.1, -0.05) is 12.1 Å². The van der Waals surface area contributed by atoms with Crippen LogP contribution < -0.4 is 10.1 Å². The molecule has 4 aromatic rings. The van der Waals surface area contributed by atoms with Gasteiger partial charge >= 0.3 is 0 Å². The van der Waals surface area contributed by atoms with Crippen molar-refractivity contribution in [3.63, 3.8) is 0 Å². The van der Waals surface area contributed by atoms with Crippen molar-refractivity contribution in [1.82, 2.24) is 25.4 Å². The number of rotatable bonds is 7. The molecular weight excluding hydrogens is 466 g/mol. The summed E-state index contributed by atoms with van der Waals surface area (Å²) in [5, 5.41) is 11.4. The van der Waals surface area contributed by atoms with Gasteiger partial charge in [-0.2, -0.15) is 5.10 Å². The Morgan fingerprint density at radius 2 is 2.11 bits per heavy atom. The molecule has 1 saturated carbocycles. The zero-order valence-corrected chi connectivity index (χ0v) is 21.4. The highest BCUT2D eigenvalue weighted by atomic mass is 28.1. The van der Waals surface area contributed by atoms with Crippen molar-refractivity contribution >= 4 is 27.1 Å². The van der Waals surface area contributed by atoms with Crippen LogP contribution in [0.15, 0.2) is 61.1 Å². The Morgan fingerprint density at radius 1 is 1.25 bits per heavy atom. The number of likely N-dealkylation sites (tertiary alicyclic amines) is 1. The second-order valence-corrected chi connectivity index (χ2v) is 10.5. The summed E-state index contributed by atoms with van der Waals surface area (Å²) in [7, 11) is 5.82. The van der Waals surface area contributed by atoms with Gasteiger partial charge in [-0.3, -0.25) is 14.9 Å². The van der Waals surface area contributed by atoms with E-state index in [1.165, 1.54) is 0 Å². The normalized spacial score (nSPS) is 19.5. The molecule has 3 heterocycles. The van der Waals surface area contributed by atoms with Crippen molar-refractivity contribution in [3.8, 4) is 16.9 Å². The van der Waals surface area contributed by atoms with Crippen LogP contribution in [0.1, 0.15) is 40.7 Å². The summed E-state index contributed by atoms with van der Waals surface area (Å²) in [6.07, 6.45) is 8.33. The number of fused-ring (bicyclic) bond motifs is 1. The molecule has 7 nitrogen and oxygen atoms in total. The number of nitrogens with one attached hydrogen (secondary N) is 2. The maximum absolute atomic E-state index is 13.6. The average molecular weight is 495 g/mol. The fourth-order valence-corrected chi connectivity index (χ4v) is 5.65. The van der Waals surface area contributed by atoms with E-state index in [1.807, 2.05) is 37.4 Å². The van der Waals surface area contributed by atoms with Crippen LogP contribution in [0, 0.1) is 6.92 Å². The first-order valence-electron chi connectivity index (χ1n) is 12.3. The Kier molecular flexibility index (Phi) is 5.65. The van der Waals surface area contributed by atoms with Crippen molar-refractivity contribution in [2.45, 2.75) is 43.5 Å². The van der Waals surface area contributed by atoms with Crippen LogP contribution >= 0.6 is 0 Å². The summed E-state index contributed by atoms with van der Waals surface area (Å²) in [5.41, 5.74) is 5.02. The van der Waals surface area contributed by atoms with E-state index < -0.39 is 5.54 Å². The van der Waals surface area contributed by atoms with E-state index in [-0.39, 0.29) is 11.6 Å². The minimum Gasteiger partial charge on any atom is -0.493 e. The monoisotopic (exact) mass is 494 g/mol. The number of nitrogens with zero attached hydrogens (tertiary/aromatic N) is 3. The molecule has 1 amide bonds. The van der Waals surface area contributed by atoms with Crippen LogP contribution in [0.2, 0.25) is 0 Å². The standard InChI is InChI=1S/C28H28N5O2Si/c1-17-5-6-20(35-27(36)25-7-11-33(25)2)14-22(17)26(34)32-28(8-9-28)23-12-18(19-15-30-31-16-19)13-24-21(23)4-3-10-29-24/h3-6,10,12-16,25,27H,7-9,11H2,1-2H3,(H,30,31)(H,32,34)/t25-,27-/m0/s1. The lowest BCUT2D eigenvalue weighted by molar-refractivity contribution is 0.0562. The topological polar surface area (TPSA) is 83.1 Å². The summed E-state index contributed by atoms with van der Waals surface area (Å²) in [5.74, 6) is 0.597. The maximum Gasteiger partial charge on any atom is 0.252 e. The number of aryl methyl sites for hydroxylation is 1. The Hall–Kier alpha value is -3.49. The quantitative estimate of drug-likeness (QED) is 0.381. The van der Waals surface area contributed by atoms with Crippen LogP contribution in [0.5, 0.6) is 5.75 Å². The van der Waals surface area contributed by atoms with Crippen LogP contribution in [-0.2, 0) is 5.54 Å². The fraction of sp³-hybridized carbons (Fsp3) is 0.321. The number of likely N-dealkylation sites (N-methyl/N-ethyl adjacent to an activating group) is 1. The summed E-state index contributed by atoms with van der Waals surface area (Å²) >= 11 is 0. The van der Waals surface area contributed by atoms with Gasteiger partial charge in [-0.15, -0.1) is 0 Å². The maximum atomic E-state index is 13.6. The first kappa shape index (κ1) is 22.9. The molecule has 2 atom stereocenters. The van der Waals surface area contributed by atoms with Gasteiger partial charge in [-0.25, -0.2) is 0 Å². The van der Waals surface area contributed by atoms with Crippen molar-refractivity contribution in [2.24, 2.45) is 0 Å². The molecule has 1 aliphatic carbocycles. The summed E-state index contributed by atoms with van der Waals surface area (Å²) in [4.78, 5) is 20.5. The minimum absolute atomic E-state index is 0.0903. The van der Waals surface area contributed by atoms with Crippen molar-refractivity contribution < 1.29 is 9.53 Å². The van der Waals surface area contributed by atoms with Crippen LogP contribution in [-0.4, -0.2) is 61.6 Å². The van der Waals surface area contributed by atoms with E-state index >= 15 is 0 Å². The van der Waals surface area contributed by atoms with E-state index in [9.17, 15) is 4.79 Å². The lowest BCUT2D eigenvalue weighted by Crippen LogP contribution is -2.53. The second kappa shape index (κ2) is 8.87. The molecule has 1 aliphatic heterocycles. The molecule has 6 rings (SSSR count). The number of carbonyl (C=O) groups is 1. The van der Waals surface area contributed by atoms with Crippen molar-refractivity contribution in [1.29, 1.82) is 0 Å². The average Bonchev–Trinajstić information content (AvgIpc) is 3.42. The van der Waals surface area contributed by atoms with Gasteiger partial charge in [0, 0.05) is 34.9 Å². The van der Waals surface area contributed by atoms with Crippen LogP contribution in [0.25, 0.3) is 22.0 Å². The molecule has 181 valence electrons. The van der Waals surface area contributed by atoms with E-state index in [0.717, 1.165) is 59.0 Å². The summed E-state index contributed by atoms with van der Waals surface area (Å²) in [6, 6.07) is 14.3. The molecule has 2 aromatic heterocycles. The number of aromatic amines is 1. The largest absolute Gasteiger partial charge is 0.493 e. The fourth-order valence-electron chi connectivity index (χ4n) is 5.09. The number of benzene rings is 2. The highest BCUT2D eigenvalue weighted by molar-refractivity contribution is 6.11. The molecule has 0 spiro atoms. The molecule has 2 N–H and O–H groups in total. The molecular formula is C28H28N5O2Si. The van der Waals surface area contributed by atoms with Crippen molar-refractivity contribution in [3.05, 3.63) is 77.7 Å². The van der Waals surface area contributed by atoms with Gasteiger partial charge in [0.2, 0.25) is 0 Å². The zero-order valence-electron chi connectivity index (χ0n) is 20.4. The van der Waals surface area contributed by atoms with Crippen LogP contribution in [0.4, 0.5) is 0 Å². The third-order valence-corrected chi connectivity index (χ3v) is 8.08. The lowest BCUT2D eigenvalue weighted by Gasteiger charge is -2.41. The Bertz CT molecular complexity index is 1430. The van der Waals surface area contributed by atoms with Gasteiger partial charge < -0.3 is 15.0 Å². The first-order valence-corrected chi connectivity index (χ1v) is 12.9. The van der Waals surface area contributed by atoms with E-state index in [2.05, 4.69) is 60.9 Å². The minimum atomic E-state index is -0.423. The molecule has 0 unspecified atom stereocenters. The van der Waals surface area contributed by atoms with Gasteiger partial charge in [0.25, 0.3) is 5.91 Å². The van der Waals surface area contributed by atoms with E-state index in [1.54, 1.807) is 12.4 Å². The smallest absolute Gasteiger partial charge is 0.252 e. The van der Waals surface area contributed by atoms with Gasteiger partial charge in [0.05, 0.1) is 33.2 Å². The van der Waals surface area contributed by atoms with Gasteiger partial charge in [0.1, 0.15) is 5.75 Å². The Morgan fingerprint density at radius 3 is 2.81 bits per heavy atom. The second-order valence-electron chi connectivity index (χ2n) is 9.97. The highest BCUT2D eigenvalue weighted by Gasteiger charge is 2.47. The molecule has 3 radical (unpaired) electrons. The molecule has 2 fully saturated rings. The predicted molar refractivity (Wildman–Crippen MR) is 140 cm³/mol. The summed E-state index contributed by atoms with van der Waals surface area (Å²) in [6.45, 7) is 3.03. The first-order chi connectivity index (χ1) is 17.4. The van der Waals surface area contributed by atoms with Crippen molar-refractivity contribution in [2.75, 3.05) is 13.6 Å². The van der Waals surface area contributed by atoms with E-state index in [4.69, 9.17) is 4.74 Å². The molecule has 8 heteroatoms. The highest BCUT2D eigenvalue weighted by Crippen LogP contribution is 2.49. The molecule has 1 saturated heterocycles. The molecule has 36 heavy (non-hydrogen) atoms. The zero-order chi connectivity index (χ0) is 24.9.